The van der Waals surface area contributed by atoms with Crippen molar-refractivity contribution in [1.29, 1.82) is 0 Å². The Kier molecular flexibility index (Phi) is 9.03. The first kappa shape index (κ1) is 20.6. The molecule has 1 aromatic rings. The van der Waals surface area contributed by atoms with Gasteiger partial charge in [-0.2, -0.15) is 12.7 Å². The van der Waals surface area contributed by atoms with Crippen LogP contribution in [0.25, 0.3) is 0 Å². The van der Waals surface area contributed by atoms with Crippen molar-refractivity contribution in [2.24, 2.45) is 0 Å². The quantitative estimate of drug-likeness (QED) is 0.526. The van der Waals surface area contributed by atoms with Gasteiger partial charge >= 0.3 is 5.97 Å². The minimum atomic E-state index is -3.59. The molecule has 0 unspecified atom stereocenters. The maximum atomic E-state index is 11.9. The standard InChI is InChI=1S/C13H21N3O4S.ClH/c1-16(10-8-13(17)20-2)21(18,19)15-9-7-11-3-5-12(14)6-4-11;/h3-6,15H,7-10,14H2,1-2H3;1H. The summed E-state index contributed by atoms with van der Waals surface area (Å²) in [5, 5.41) is 0. The van der Waals surface area contributed by atoms with Crippen LogP contribution in [-0.4, -0.2) is 45.9 Å². The van der Waals surface area contributed by atoms with Crippen molar-refractivity contribution in [3.05, 3.63) is 29.8 Å². The first-order valence-electron chi connectivity index (χ1n) is 6.47. The van der Waals surface area contributed by atoms with Crippen LogP contribution in [0.1, 0.15) is 12.0 Å². The van der Waals surface area contributed by atoms with Crippen molar-refractivity contribution >= 4 is 34.3 Å². The summed E-state index contributed by atoms with van der Waals surface area (Å²) in [4.78, 5) is 11.0. The molecule has 0 amide bonds. The zero-order valence-corrected chi connectivity index (χ0v) is 14.2. The van der Waals surface area contributed by atoms with Crippen molar-refractivity contribution in [2.75, 3.05) is 33.0 Å². The summed E-state index contributed by atoms with van der Waals surface area (Å²) in [6, 6.07) is 7.24. The van der Waals surface area contributed by atoms with Crippen LogP contribution in [0.4, 0.5) is 5.69 Å². The smallest absolute Gasteiger partial charge is 0.306 e. The number of carbonyl (C=O) groups excluding carboxylic acids is 1. The molecule has 0 fully saturated rings. The minimum absolute atomic E-state index is 0. The van der Waals surface area contributed by atoms with Gasteiger partial charge in [0.1, 0.15) is 0 Å². The molecule has 1 rings (SSSR count). The number of esters is 1. The summed E-state index contributed by atoms with van der Waals surface area (Å²) in [7, 11) is -0.915. The molecule has 9 heteroatoms. The van der Waals surface area contributed by atoms with Crippen LogP contribution in [0, 0.1) is 0 Å². The van der Waals surface area contributed by atoms with E-state index in [0.29, 0.717) is 12.1 Å². The van der Waals surface area contributed by atoms with Gasteiger partial charge in [-0.25, -0.2) is 4.72 Å². The summed E-state index contributed by atoms with van der Waals surface area (Å²) < 4.78 is 31.9. The Labute approximate surface area is 137 Å². The summed E-state index contributed by atoms with van der Waals surface area (Å²) in [5.74, 6) is -0.445. The molecular formula is C13H22ClN3O4S. The van der Waals surface area contributed by atoms with Crippen LogP contribution in [-0.2, 0) is 26.2 Å². The molecule has 0 radical (unpaired) electrons. The second kappa shape index (κ2) is 9.62. The molecule has 0 aliphatic heterocycles. The van der Waals surface area contributed by atoms with Gasteiger partial charge in [0.05, 0.1) is 13.5 Å². The van der Waals surface area contributed by atoms with E-state index in [2.05, 4.69) is 9.46 Å². The number of rotatable bonds is 8. The van der Waals surface area contributed by atoms with Crippen molar-refractivity contribution in [3.63, 3.8) is 0 Å². The molecule has 3 N–H and O–H groups in total. The highest BCUT2D eigenvalue weighted by molar-refractivity contribution is 7.87. The third-order valence-corrected chi connectivity index (χ3v) is 4.52. The number of nitrogen functional groups attached to an aromatic ring is 1. The molecule has 0 saturated carbocycles. The number of methoxy groups -OCH3 is 1. The third-order valence-electron chi connectivity index (χ3n) is 2.95. The highest BCUT2D eigenvalue weighted by Gasteiger charge is 2.17. The van der Waals surface area contributed by atoms with Crippen molar-refractivity contribution < 1.29 is 17.9 Å². The van der Waals surface area contributed by atoms with Crippen molar-refractivity contribution in [1.82, 2.24) is 9.03 Å². The van der Waals surface area contributed by atoms with Gasteiger partial charge in [0.15, 0.2) is 0 Å². The molecule has 0 bridgehead atoms. The van der Waals surface area contributed by atoms with Gasteiger partial charge in [-0.1, -0.05) is 12.1 Å². The maximum Gasteiger partial charge on any atom is 0.306 e. The van der Waals surface area contributed by atoms with Crippen LogP contribution in [0.15, 0.2) is 24.3 Å². The summed E-state index contributed by atoms with van der Waals surface area (Å²) in [6.45, 7) is 0.346. The molecule has 0 saturated heterocycles. The Balaban J connectivity index is 0.00000441. The lowest BCUT2D eigenvalue weighted by Gasteiger charge is -2.17. The predicted octanol–water partition coefficient (Wildman–Crippen LogP) is 0.562. The molecule has 0 spiro atoms. The fourth-order valence-corrected chi connectivity index (χ4v) is 2.50. The lowest BCUT2D eigenvalue weighted by atomic mass is 10.1. The predicted molar refractivity (Wildman–Crippen MR) is 88.0 cm³/mol. The highest BCUT2D eigenvalue weighted by atomic mass is 35.5. The molecule has 126 valence electrons. The van der Waals surface area contributed by atoms with E-state index in [4.69, 9.17) is 5.73 Å². The molecule has 1 aromatic carbocycles. The lowest BCUT2D eigenvalue weighted by molar-refractivity contribution is -0.140. The number of benzene rings is 1. The van der Waals surface area contributed by atoms with E-state index in [0.717, 1.165) is 9.87 Å². The molecule has 0 aliphatic carbocycles. The number of hydrogen-bond acceptors (Lipinski definition) is 5. The van der Waals surface area contributed by atoms with E-state index < -0.39 is 16.2 Å². The molecule has 0 atom stereocenters. The molecule has 7 nitrogen and oxygen atoms in total. The fraction of sp³-hybridized carbons (Fsp3) is 0.462. The maximum absolute atomic E-state index is 11.9. The number of carbonyl (C=O) groups is 1. The van der Waals surface area contributed by atoms with Crippen molar-refractivity contribution in [3.8, 4) is 0 Å². The van der Waals surface area contributed by atoms with Crippen LogP contribution >= 0.6 is 12.4 Å². The summed E-state index contributed by atoms with van der Waals surface area (Å²) in [6.07, 6.45) is 0.580. The van der Waals surface area contributed by atoms with E-state index in [9.17, 15) is 13.2 Å². The Morgan fingerprint density at radius 2 is 1.91 bits per heavy atom. The second-order valence-corrected chi connectivity index (χ2v) is 6.40. The number of nitrogens with two attached hydrogens (primary N) is 1. The number of nitrogens with one attached hydrogen (secondary N) is 1. The molecule has 0 aliphatic rings. The Hall–Kier alpha value is -1.35. The third kappa shape index (κ3) is 7.08. The monoisotopic (exact) mass is 351 g/mol. The molecular weight excluding hydrogens is 330 g/mol. The van der Waals surface area contributed by atoms with Crippen LogP contribution in [0.5, 0.6) is 0 Å². The SMILES string of the molecule is COC(=O)CCN(C)S(=O)(=O)NCCc1ccc(N)cc1.Cl. The van der Waals surface area contributed by atoms with Gasteiger partial charge in [0.25, 0.3) is 10.2 Å². The number of anilines is 1. The summed E-state index contributed by atoms with van der Waals surface area (Å²) in [5.41, 5.74) is 7.24. The average Bonchev–Trinajstić information content (AvgIpc) is 2.46. The normalized spacial score (nSPS) is 11.0. The van der Waals surface area contributed by atoms with Gasteiger partial charge in [0, 0.05) is 25.8 Å². The van der Waals surface area contributed by atoms with E-state index in [-0.39, 0.29) is 31.9 Å². The van der Waals surface area contributed by atoms with Crippen LogP contribution in [0.3, 0.4) is 0 Å². The van der Waals surface area contributed by atoms with E-state index in [1.807, 2.05) is 12.1 Å². The van der Waals surface area contributed by atoms with Gasteiger partial charge < -0.3 is 10.5 Å². The van der Waals surface area contributed by atoms with Crippen molar-refractivity contribution in [2.45, 2.75) is 12.8 Å². The van der Waals surface area contributed by atoms with Crippen LogP contribution in [0.2, 0.25) is 0 Å². The first-order valence-corrected chi connectivity index (χ1v) is 7.91. The van der Waals surface area contributed by atoms with Gasteiger partial charge in [-0.05, 0) is 24.1 Å². The minimum Gasteiger partial charge on any atom is -0.469 e. The number of hydrogen-bond donors (Lipinski definition) is 2. The zero-order valence-electron chi connectivity index (χ0n) is 12.6. The molecule has 0 aromatic heterocycles. The van der Waals surface area contributed by atoms with E-state index in [1.165, 1.54) is 14.2 Å². The molecule has 22 heavy (non-hydrogen) atoms. The number of halogens is 1. The zero-order chi connectivity index (χ0) is 15.9. The first-order chi connectivity index (χ1) is 9.85. The Bertz CT molecular complexity index is 563. The fourth-order valence-electron chi connectivity index (χ4n) is 1.59. The van der Waals surface area contributed by atoms with Gasteiger partial charge in [-0.3, -0.25) is 4.79 Å². The largest absolute Gasteiger partial charge is 0.469 e. The summed E-state index contributed by atoms with van der Waals surface area (Å²) >= 11 is 0. The Morgan fingerprint density at radius 1 is 1.32 bits per heavy atom. The number of ether oxygens (including phenoxy) is 1. The van der Waals surface area contributed by atoms with E-state index in [1.54, 1.807) is 12.1 Å². The topological polar surface area (TPSA) is 102 Å². The Morgan fingerprint density at radius 3 is 2.45 bits per heavy atom. The number of nitrogens with zero attached hydrogens (tertiary/aromatic N) is 1. The van der Waals surface area contributed by atoms with E-state index >= 15 is 0 Å². The second-order valence-electron chi connectivity index (χ2n) is 4.54. The lowest BCUT2D eigenvalue weighted by Crippen LogP contribution is -2.40. The molecule has 0 heterocycles. The van der Waals surface area contributed by atoms with Gasteiger partial charge in [-0.15, -0.1) is 12.4 Å². The van der Waals surface area contributed by atoms with Crippen LogP contribution < -0.4 is 10.5 Å². The highest BCUT2D eigenvalue weighted by Crippen LogP contribution is 2.06. The average molecular weight is 352 g/mol. The van der Waals surface area contributed by atoms with Gasteiger partial charge in [0.2, 0.25) is 0 Å².